The first-order valence-corrected chi connectivity index (χ1v) is 12.0. The van der Waals surface area contributed by atoms with Crippen LogP contribution in [0, 0.1) is 0 Å². The summed E-state index contributed by atoms with van der Waals surface area (Å²) in [6, 6.07) is 0.216. The van der Waals surface area contributed by atoms with Crippen molar-refractivity contribution in [3.63, 3.8) is 0 Å². The van der Waals surface area contributed by atoms with Gasteiger partial charge in [-0.15, -0.1) is 17.4 Å². The molecule has 4 N–H and O–H groups in total. The molecule has 2 aliphatic rings. The number of likely N-dealkylation sites (N-methyl/N-ethyl adjacent to an activating group) is 1. The van der Waals surface area contributed by atoms with Crippen molar-refractivity contribution in [3.8, 4) is 11.4 Å². The van der Waals surface area contributed by atoms with Crippen LogP contribution in [0.5, 0.6) is 0 Å². The van der Waals surface area contributed by atoms with Crippen molar-refractivity contribution < 1.29 is 9.59 Å². The molecule has 0 bridgehead atoms. The molecule has 12 heteroatoms. The van der Waals surface area contributed by atoms with Gasteiger partial charge in [0.25, 0.3) is 5.91 Å². The highest BCUT2D eigenvalue weighted by atomic mass is 32.1. The quantitative estimate of drug-likeness (QED) is 0.505. The Morgan fingerprint density at radius 2 is 2.18 bits per heavy atom. The normalized spacial score (nSPS) is 18.4. The van der Waals surface area contributed by atoms with Crippen molar-refractivity contribution in [2.45, 2.75) is 44.6 Å². The Balaban J connectivity index is 1.32. The van der Waals surface area contributed by atoms with Crippen LogP contribution in [0.2, 0.25) is 0 Å². The number of anilines is 2. The van der Waals surface area contributed by atoms with Crippen molar-refractivity contribution in [3.05, 3.63) is 39.4 Å². The molecule has 0 spiro atoms. The number of hydrogen-bond acceptors (Lipinski definition) is 8. The Labute approximate surface area is 200 Å². The average Bonchev–Trinajstić information content (AvgIpc) is 3.54. The molecular weight excluding hydrogens is 454 g/mol. The van der Waals surface area contributed by atoms with Gasteiger partial charge >= 0.3 is 0 Å². The minimum Gasteiger partial charge on any atom is -0.661 e. The van der Waals surface area contributed by atoms with Gasteiger partial charge in [-0.25, -0.2) is 15.0 Å². The number of fused-ring (bicyclic) bond motifs is 3. The molecule has 1 aliphatic heterocycles. The monoisotopic (exact) mass is 480 g/mol. The molecule has 178 valence electrons. The molecule has 1 fully saturated rings. The first-order valence-electron chi connectivity index (χ1n) is 11.1. The van der Waals surface area contributed by atoms with Crippen LogP contribution in [-0.4, -0.2) is 68.0 Å². The number of carbonyl (C=O) groups excluding carboxylic acids is 2. The van der Waals surface area contributed by atoms with E-state index in [1.165, 1.54) is 11.3 Å². The van der Waals surface area contributed by atoms with Crippen LogP contribution in [0.4, 0.5) is 11.1 Å². The second kappa shape index (κ2) is 8.44. The maximum Gasteiger partial charge on any atom is 0.275 e. The fourth-order valence-corrected chi connectivity index (χ4v) is 5.41. The van der Waals surface area contributed by atoms with Crippen molar-refractivity contribution in [1.29, 1.82) is 0 Å². The maximum atomic E-state index is 13.2. The van der Waals surface area contributed by atoms with Crippen LogP contribution < -0.4 is 11.1 Å². The Bertz CT molecular complexity index is 1270. The lowest BCUT2D eigenvalue weighted by atomic mass is 9.73. The highest BCUT2D eigenvalue weighted by molar-refractivity contribution is 7.14. The van der Waals surface area contributed by atoms with Gasteiger partial charge in [-0.05, 0) is 23.8 Å². The molecule has 3 aromatic rings. The second-order valence-electron chi connectivity index (χ2n) is 9.30. The Morgan fingerprint density at radius 3 is 2.94 bits per heavy atom. The van der Waals surface area contributed by atoms with Crippen LogP contribution in [0.25, 0.3) is 16.7 Å². The van der Waals surface area contributed by atoms with E-state index in [0.29, 0.717) is 40.9 Å². The first-order chi connectivity index (χ1) is 16.2. The minimum absolute atomic E-state index is 0.0265. The third-order valence-corrected chi connectivity index (χ3v) is 7.20. The Hall–Kier alpha value is -3.38. The molecule has 1 saturated heterocycles. The molecule has 0 unspecified atom stereocenters. The second-order valence-corrected chi connectivity index (χ2v) is 10.2. The maximum absolute atomic E-state index is 13.2. The van der Waals surface area contributed by atoms with Gasteiger partial charge < -0.3 is 16.0 Å². The number of amides is 2. The van der Waals surface area contributed by atoms with E-state index >= 15 is 0 Å². The number of thiazole rings is 1. The van der Waals surface area contributed by atoms with Gasteiger partial charge in [0.2, 0.25) is 11.9 Å². The van der Waals surface area contributed by atoms with E-state index in [4.69, 9.17) is 5.73 Å². The van der Waals surface area contributed by atoms with Gasteiger partial charge in [-0.1, -0.05) is 13.8 Å². The zero-order chi connectivity index (χ0) is 24.0. The third kappa shape index (κ3) is 4.03. The zero-order valence-electron chi connectivity index (χ0n) is 19.3. The number of aromatic nitrogens is 5. The summed E-state index contributed by atoms with van der Waals surface area (Å²) in [5, 5.41) is 16.6. The number of hydrogen-bond donors (Lipinski definition) is 3. The number of carbonyl (C=O) groups is 2. The number of nitrogens with zero attached hydrogens (tertiary/aromatic N) is 6. The van der Waals surface area contributed by atoms with E-state index in [0.717, 1.165) is 24.1 Å². The lowest BCUT2D eigenvalue weighted by Gasteiger charge is -2.30. The first kappa shape index (κ1) is 22.4. The molecule has 3 aromatic heterocycles. The van der Waals surface area contributed by atoms with Crippen molar-refractivity contribution in [1.82, 2.24) is 30.0 Å². The summed E-state index contributed by atoms with van der Waals surface area (Å²) in [4.78, 5) is 40.5. The molecule has 0 saturated carbocycles. The van der Waals surface area contributed by atoms with Gasteiger partial charge in [0.15, 0.2) is 5.13 Å². The van der Waals surface area contributed by atoms with Crippen LogP contribution in [0.3, 0.4) is 0 Å². The van der Waals surface area contributed by atoms with E-state index < -0.39 is 0 Å². The Kier molecular flexibility index (Phi) is 5.56. The number of nitrogens with one attached hydrogen (secondary N) is 2. The van der Waals surface area contributed by atoms with Crippen LogP contribution in [-0.2, 0) is 23.1 Å². The molecule has 5 rings (SSSR count). The SMILES string of the molecule is C[N-][C@H]1CCN(C(=O)Cc2csc(NC(=O)c3[nH]nc4c3C(C)(C)Cc3cnc(N)nc3-4)n2)C1. The van der Waals surface area contributed by atoms with E-state index in [1.54, 1.807) is 18.6 Å². The fraction of sp³-hybridized carbons (Fsp3) is 0.455. The van der Waals surface area contributed by atoms with Crippen LogP contribution in [0.1, 0.15) is 47.6 Å². The number of nitrogens with two attached hydrogens (primary N) is 1. The molecule has 1 atom stereocenters. The van der Waals surface area contributed by atoms with Crippen molar-refractivity contribution in [2.24, 2.45) is 0 Å². The number of nitrogen functional groups attached to an aromatic ring is 1. The summed E-state index contributed by atoms with van der Waals surface area (Å²) in [7, 11) is 1.79. The number of likely N-dealkylation sites (tertiary alicyclic amines) is 1. The van der Waals surface area contributed by atoms with Crippen LogP contribution in [0.15, 0.2) is 11.6 Å². The van der Waals surface area contributed by atoms with Gasteiger partial charge in [0.05, 0.1) is 17.8 Å². The van der Waals surface area contributed by atoms with Gasteiger partial charge in [-0.2, -0.15) is 12.1 Å². The predicted molar refractivity (Wildman–Crippen MR) is 129 cm³/mol. The number of aromatic amines is 1. The molecule has 0 aromatic carbocycles. The lowest BCUT2D eigenvalue weighted by Crippen LogP contribution is -2.30. The molecule has 1 aliphatic carbocycles. The molecule has 2 amide bonds. The summed E-state index contributed by atoms with van der Waals surface area (Å²) in [6.07, 6.45) is 3.47. The smallest absolute Gasteiger partial charge is 0.275 e. The highest BCUT2D eigenvalue weighted by Crippen LogP contribution is 2.42. The summed E-state index contributed by atoms with van der Waals surface area (Å²) in [5.74, 6) is -0.151. The predicted octanol–water partition coefficient (Wildman–Crippen LogP) is 2.14. The number of H-pyrrole nitrogens is 1. The topological polar surface area (TPSA) is 157 Å². The molecule has 34 heavy (non-hydrogen) atoms. The molecular formula is C22H26N9O2S-. The molecule has 11 nitrogen and oxygen atoms in total. The van der Waals surface area contributed by atoms with E-state index in [2.05, 4.69) is 49.6 Å². The van der Waals surface area contributed by atoms with Crippen molar-refractivity contribution in [2.75, 3.05) is 31.2 Å². The van der Waals surface area contributed by atoms with Gasteiger partial charge in [0, 0.05) is 30.2 Å². The van der Waals surface area contributed by atoms with E-state index in [9.17, 15) is 9.59 Å². The van der Waals surface area contributed by atoms with Gasteiger partial charge in [0.1, 0.15) is 11.4 Å². The Morgan fingerprint density at radius 1 is 1.35 bits per heavy atom. The average molecular weight is 481 g/mol. The largest absolute Gasteiger partial charge is 0.661 e. The summed E-state index contributed by atoms with van der Waals surface area (Å²) in [6.45, 7) is 5.48. The molecule has 4 heterocycles. The standard InChI is InChI=1S/C22H26N9O2S/c1-22(2)7-11-8-25-20(23)27-16(11)17-15(22)18(30-29-17)19(33)28-21-26-13(10-34-21)6-14(32)31-5-4-12(9-31)24-3/h8,10,12H,4-7,9H2,1-3H3,(H,29,30)(H2,23,25,27)(H,26,28,33)/q-1/t12-/m0/s1. The highest BCUT2D eigenvalue weighted by Gasteiger charge is 2.38. The van der Waals surface area contributed by atoms with Crippen LogP contribution >= 0.6 is 11.3 Å². The zero-order valence-corrected chi connectivity index (χ0v) is 20.1. The van der Waals surface area contributed by atoms with E-state index in [1.807, 2.05) is 4.90 Å². The number of rotatable bonds is 5. The summed E-state index contributed by atoms with van der Waals surface area (Å²) in [5.41, 5.74) is 9.41. The summed E-state index contributed by atoms with van der Waals surface area (Å²) < 4.78 is 0. The minimum atomic E-state index is -0.361. The fourth-order valence-electron chi connectivity index (χ4n) is 4.71. The molecule has 0 radical (unpaired) electrons. The van der Waals surface area contributed by atoms with Gasteiger partial charge in [-0.3, -0.25) is 20.0 Å². The third-order valence-electron chi connectivity index (χ3n) is 6.40. The van der Waals surface area contributed by atoms with E-state index in [-0.39, 0.29) is 35.6 Å². The van der Waals surface area contributed by atoms with Crippen molar-refractivity contribution >= 4 is 34.2 Å². The summed E-state index contributed by atoms with van der Waals surface area (Å²) >= 11 is 1.29. The lowest BCUT2D eigenvalue weighted by molar-refractivity contribution is -0.129.